The van der Waals surface area contributed by atoms with Crippen LogP contribution in [0, 0.1) is 0 Å². The van der Waals surface area contributed by atoms with Crippen LogP contribution in [0.25, 0.3) is 21.2 Å². The molecule has 0 spiro atoms. The lowest BCUT2D eigenvalue weighted by Crippen LogP contribution is -1.93. The van der Waals surface area contributed by atoms with Crippen LogP contribution in [-0.2, 0) is 0 Å². The van der Waals surface area contributed by atoms with Gasteiger partial charge in [0.1, 0.15) is 0 Å². The Morgan fingerprint density at radius 3 is 2.95 bits per heavy atom. The van der Waals surface area contributed by atoms with Gasteiger partial charge in [0, 0.05) is 34.6 Å². The first-order valence-corrected chi connectivity index (χ1v) is 7.57. The van der Waals surface area contributed by atoms with Crippen molar-refractivity contribution in [1.82, 2.24) is 4.98 Å². The third kappa shape index (κ3) is 2.37. The van der Waals surface area contributed by atoms with Gasteiger partial charge < -0.3 is 0 Å². The fraction of sp³-hybridized carbons (Fsp3) is 0.176. The minimum absolute atomic E-state index is 0.238. The Balaban J connectivity index is 2.06. The molecule has 3 aromatic rings. The van der Waals surface area contributed by atoms with Gasteiger partial charge in [0.05, 0.1) is 4.88 Å². The molecule has 2 nitrogen and oxygen atoms in total. The predicted octanol–water partition coefficient (Wildman–Crippen LogP) is 4.95. The summed E-state index contributed by atoms with van der Waals surface area (Å²) >= 11 is 1.57. The number of carbonyl (C=O) groups excluding carboxylic acids is 1. The average molecular weight is 281 g/mol. The topological polar surface area (TPSA) is 30.0 Å². The summed E-state index contributed by atoms with van der Waals surface area (Å²) in [5.41, 5.74) is 1.15. The SMILES string of the molecule is CCCC(=O)c1ccc(-c2cccc3ccncc23)s1. The van der Waals surface area contributed by atoms with Crippen molar-refractivity contribution in [1.29, 1.82) is 0 Å². The van der Waals surface area contributed by atoms with Gasteiger partial charge in [-0.25, -0.2) is 0 Å². The summed E-state index contributed by atoms with van der Waals surface area (Å²) < 4.78 is 0. The van der Waals surface area contributed by atoms with E-state index in [1.54, 1.807) is 17.5 Å². The molecule has 3 rings (SSSR count). The molecule has 0 aliphatic carbocycles. The Labute approximate surface area is 122 Å². The van der Waals surface area contributed by atoms with E-state index in [9.17, 15) is 4.79 Å². The lowest BCUT2D eigenvalue weighted by Gasteiger charge is -2.03. The molecule has 0 radical (unpaired) electrons. The van der Waals surface area contributed by atoms with Crippen LogP contribution in [0.15, 0.2) is 48.8 Å². The smallest absolute Gasteiger partial charge is 0.172 e. The highest BCUT2D eigenvalue weighted by atomic mass is 32.1. The maximum Gasteiger partial charge on any atom is 0.172 e. The van der Waals surface area contributed by atoms with Crippen molar-refractivity contribution in [3.63, 3.8) is 0 Å². The first-order valence-electron chi connectivity index (χ1n) is 6.75. The number of benzene rings is 1. The highest BCUT2D eigenvalue weighted by Gasteiger charge is 2.11. The van der Waals surface area contributed by atoms with E-state index in [0.29, 0.717) is 6.42 Å². The van der Waals surface area contributed by atoms with Gasteiger partial charge in [0.25, 0.3) is 0 Å². The van der Waals surface area contributed by atoms with Gasteiger partial charge in [-0.15, -0.1) is 11.3 Å². The number of fused-ring (bicyclic) bond motifs is 1. The molecule has 0 aliphatic rings. The summed E-state index contributed by atoms with van der Waals surface area (Å²) in [6, 6.07) is 12.2. The zero-order chi connectivity index (χ0) is 13.9. The Morgan fingerprint density at radius 1 is 1.20 bits per heavy atom. The van der Waals surface area contributed by atoms with E-state index in [0.717, 1.165) is 27.1 Å². The second kappa shape index (κ2) is 5.55. The number of Topliss-reactive ketones (excluding diaryl/α,β-unsaturated/α-hetero) is 1. The minimum Gasteiger partial charge on any atom is -0.293 e. The monoisotopic (exact) mass is 281 g/mol. The number of rotatable bonds is 4. The molecule has 0 fully saturated rings. The number of hydrogen-bond acceptors (Lipinski definition) is 3. The van der Waals surface area contributed by atoms with Crippen molar-refractivity contribution in [2.45, 2.75) is 19.8 Å². The molecule has 20 heavy (non-hydrogen) atoms. The van der Waals surface area contributed by atoms with E-state index in [1.165, 1.54) is 5.39 Å². The fourth-order valence-corrected chi connectivity index (χ4v) is 3.32. The van der Waals surface area contributed by atoms with Crippen LogP contribution in [-0.4, -0.2) is 10.8 Å². The molecule has 0 saturated heterocycles. The molecular formula is C17H15NOS. The number of aromatic nitrogens is 1. The largest absolute Gasteiger partial charge is 0.293 e. The Kier molecular flexibility index (Phi) is 3.61. The van der Waals surface area contributed by atoms with Crippen LogP contribution in [0.3, 0.4) is 0 Å². The van der Waals surface area contributed by atoms with Gasteiger partial charge in [-0.2, -0.15) is 0 Å². The molecular weight excluding hydrogens is 266 g/mol. The first-order chi connectivity index (χ1) is 9.79. The quantitative estimate of drug-likeness (QED) is 0.633. The van der Waals surface area contributed by atoms with Crippen molar-refractivity contribution < 1.29 is 4.79 Å². The standard InChI is InChI=1S/C17H15NOS/c1-2-4-15(19)17-8-7-16(20-17)13-6-3-5-12-9-10-18-11-14(12)13/h3,5-11H,2,4H2,1H3. The predicted molar refractivity (Wildman–Crippen MR) is 84.3 cm³/mol. The molecule has 3 heteroatoms. The molecule has 0 atom stereocenters. The number of hydrogen-bond donors (Lipinski definition) is 0. The molecule has 100 valence electrons. The van der Waals surface area contributed by atoms with Gasteiger partial charge >= 0.3 is 0 Å². The zero-order valence-corrected chi connectivity index (χ0v) is 12.1. The molecule has 2 heterocycles. The third-order valence-electron chi connectivity index (χ3n) is 3.31. The van der Waals surface area contributed by atoms with E-state index in [-0.39, 0.29) is 5.78 Å². The van der Waals surface area contributed by atoms with Crippen LogP contribution in [0.4, 0.5) is 0 Å². The summed E-state index contributed by atoms with van der Waals surface area (Å²) in [7, 11) is 0. The van der Waals surface area contributed by atoms with Gasteiger partial charge in [-0.3, -0.25) is 9.78 Å². The van der Waals surface area contributed by atoms with E-state index >= 15 is 0 Å². The molecule has 0 aliphatic heterocycles. The van der Waals surface area contributed by atoms with Crippen molar-refractivity contribution in [3.8, 4) is 10.4 Å². The number of thiophene rings is 1. The first kappa shape index (κ1) is 13.0. The highest BCUT2D eigenvalue weighted by molar-refractivity contribution is 7.17. The average Bonchev–Trinajstić information content (AvgIpc) is 2.97. The summed E-state index contributed by atoms with van der Waals surface area (Å²) in [4.78, 5) is 18.1. The second-order valence-corrected chi connectivity index (χ2v) is 5.82. The molecule has 0 saturated carbocycles. The molecule has 1 aromatic carbocycles. The zero-order valence-electron chi connectivity index (χ0n) is 11.3. The maximum absolute atomic E-state index is 12.0. The van der Waals surface area contributed by atoms with Crippen molar-refractivity contribution in [2.75, 3.05) is 0 Å². The van der Waals surface area contributed by atoms with E-state index in [2.05, 4.69) is 17.1 Å². The molecule has 0 bridgehead atoms. The van der Waals surface area contributed by atoms with E-state index < -0.39 is 0 Å². The number of carbonyl (C=O) groups is 1. The molecule has 0 amide bonds. The lowest BCUT2D eigenvalue weighted by atomic mass is 10.1. The highest BCUT2D eigenvalue weighted by Crippen LogP contribution is 2.33. The minimum atomic E-state index is 0.238. The number of ketones is 1. The Bertz CT molecular complexity index is 755. The van der Waals surface area contributed by atoms with Crippen LogP contribution in [0.1, 0.15) is 29.4 Å². The summed E-state index contributed by atoms with van der Waals surface area (Å²) in [5.74, 6) is 0.238. The van der Waals surface area contributed by atoms with Crippen molar-refractivity contribution >= 4 is 27.9 Å². The van der Waals surface area contributed by atoms with Crippen LogP contribution < -0.4 is 0 Å². The van der Waals surface area contributed by atoms with Crippen molar-refractivity contribution in [3.05, 3.63) is 53.7 Å². The Morgan fingerprint density at radius 2 is 2.10 bits per heavy atom. The van der Waals surface area contributed by atoms with Gasteiger partial charge in [0.15, 0.2) is 5.78 Å². The van der Waals surface area contributed by atoms with E-state index in [1.807, 2.05) is 37.4 Å². The van der Waals surface area contributed by atoms with Gasteiger partial charge in [0.2, 0.25) is 0 Å². The van der Waals surface area contributed by atoms with E-state index in [4.69, 9.17) is 0 Å². The fourth-order valence-electron chi connectivity index (χ4n) is 2.31. The van der Waals surface area contributed by atoms with Crippen LogP contribution >= 0.6 is 11.3 Å². The number of nitrogens with zero attached hydrogens (tertiary/aromatic N) is 1. The second-order valence-electron chi connectivity index (χ2n) is 4.74. The van der Waals surface area contributed by atoms with Gasteiger partial charge in [-0.1, -0.05) is 25.1 Å². The van der Waals surface area contributed by atoms with Crippen LogP contribution in [0.2, 0.25) is 0 Å². The maximum atomic E-state index is 12.0. The van der Waals surface area contributed by atoms with Crippen LogP contribution in [0.5, 0.6) is 0 Å². The summed E-state index contributed by atoms with van der Waals surface area (Å²) in [6.45, 7) is 2.03. The molecule has 0 unspecified atom stereocenters. The molecule has 0 N–H and O–H groups in total. The Hall–Kier alpha value is -2.00. The van der Waals surface area contributed by atoms with Gasteiger partial charge in [-0.05, 0) is 30.0 Å². The molecule has 2 aromatic heterocycles. The lowest BCUT2D eigenvalue weighted by molar-refractivity contribution is 0.0985. The number of pyridine rings is 1. The summed E-state index contributed by atoms with van der Waals surface area (Å²) in [5, 5.41) is 2.30. The third-order valence-corrected chi connectivity index (χ3v) is 4.47. The summed E-state index contributed by atoms with van der Waals surface area (Å²) in [6.07, 6.45) is 5.20. The van der Waals surface area contributed by atoms with Crippen molar-refractivity contribution in [2.24, 2.45) is 0 Å². The normalized spacial score (nSPS) is 10.8.